The SMILES string of the molecule is CNc1nn2c(CN)cc(C)nc2c1S(=O)(=O)c1cccc(F)c1. The fourth-order valence-electron chi connectivity index (χ4n) is 2.50. The van der Waals surface area contributed by atoms with Crippen LogP contribution in [0.3, 0.4) is 0 Å². The third kappa shape index (κ3) is 2.51. The van der Waals surface area contributed by atoms with Crippen molar-refractivity contribution in [2.45, 2.75) is 23.3 Å². The molecule has 2 aromatic heterocycles. The molecule has 3 N–H and O–H groups in total. The summed E-state index contributed by atoms with van der Waals surface area (Å²) in [4.78, 5) is 4.04. The molecular formula is C15H16FN5O2S. The van der Waals surface area contributed by atoms with E-state index >= 15 is 0 Å². The highest BCUT2D eigenvalue weighted by atomic mass is 32.2. The highest BCUT2D eigenvalue weighted by molar-refractivity contribution is 7.91. The van der Waals surface area contributed by atoms with Crippen LogP contribution in [0.2, 0.25) is 0 Å². The summed E-state index contributed by atoms with van der Waals surface area (Å²) in [7, 11) is -2.46. The van der Waals surface area contributed by atoms with Crippen LogP contribution in [0.5, 0.6) is 0 Å². The Kier molecular flexibility index (Phi) is 3.98. The van der Waals surface area contributed by atoms with E-state index in [-0.39, 0.29) is 27.8 Å². The minimum absolute atomic E-state index is 0.103. The van der Waals surface area contributed by atoms with Gasteiger partial charge in [0.25, 0.3) is 0 Å². The molecular weight excluding hydrogens is 333 g/mol. The molecule has 0 amide bonds. The molecule has 0 aliphatic heterocycles. The summed E-state index contributed by atoms with van der Waals surface area (Å²) >= 11 is 0. The van der Waals surface area contributed by atoms with Gasteiger partial charge in [-0.05, 0) is 31.2 Å². The summed E-state index contributed by atoms with van der Waals surface area (Å²) in [6.07, 6.45) is 0. The second-order valence-corrected chi connectivity index (χ2v) is 7.10. The van der Waals surface area contributed by atoms with Gasteiger partial charge in [-0.1, -0.05) is 6.07 Å². The van der Waals surface area contributed by atoms with E-state index in [1.54, 1.807) is 20.0 Å². The Balaban J connectivity index is 2.38. The molecule has 0 saturated carbocycles. The van der Waals surface area contributed by atoms with Crippen LogP contribution < -0.4 is 11.1 Å². The number of nitrogens with one attached hydrogen (secondary N) is 1. The quantitative estimate of drug-likeness (QED) is 0.740. The molecule has 0 radical (unpaired) electrons. The zero-order chi connectivity index (χ0) is 17.5. The van der Waals surface area contributed by atoms with Gasteiger partial charge in [-0.2, -0.15) is 0 Å². The first-order valence-corrected chi connectivity index (χ1v) is 8.64. The number of nitrogens with zero attached hydrogens (tertiary/aromatic N) is 3. The number of aromatic nitrogens is 3. The van der Waals surface area contributed by atoms with Gasteiger partial charge >= 0.3 is 0 Å². The largest absolute Gasteiger partial charge is 0.370 e. The minimum atomic E-state index is -4.02. The number of nitrogens with two attached hydrogens (primary N) is 1. The molecule has 9 heteroatoms. The molecule has 2 heterocycles. The highest BCUT2D eigenvalue weighted by Gasteiger charge is 2.29. The van der Waals surface area contributed by atoms with Crippen molar-refractivity contribution in [1.29, 1.82) is 0 Å². The van der Waals surface area contributed by atoms with Crippen molar-refractivity contribution in [3.05, 3.63) is 47.5 Å². The topological polar surface area (TPSA) is 102 Å². The van der Waals surface area contributed by atoms with Crippen LogP contribution in [0.1, 0.15) is 11.4 Å². The molecule has 0 aliphatic carbocycles. The maximum Gasteiger partial charge on any atom is 0.214 e. The van der Waals surface area contributed by atoms with Gasteiger partial charge in [-0.25, -0.2) is 22.3 Å². The summed E-state index contributed by atoms with van der Waals surface area (Å²) in [5.74, 6) is -0.502. The van der Waals surface area contributed by atoms with Gasteiger partial charge in [0.05, 0.1) is 10.6 Å². The van der Waals surface area contributed by atoms with Crippen molar-refractivity contribution in [3.8, 4) is 0 Å². The molecule has 24 heavy (non-hydrogen) atoms. The number of benzene rings is 1. The summed E-state index contributed by atoms with van der Waals surface area (Å²) in [6.45, 7) is 1.91. The number of hydrogen-bond donors (Lipinski definition) is 2. The molecule has 0 saturated heterocycles. The Bertz CT molecular complexity index is 1030. The molecule has 126 valence electrons. The van der Waals surface area contributed by atoms with Gasteiger partial charge in [0.15, 0.2) is 16.4 Å². The number of rotatable bonds is 4. The van der Waals surface area contributed by atoms with Gasteiger partial charge < -0.3 is 11.1 Å². The Hall–Kier alpha value is -2.52. The first-order chi connectivity index (χ1) is 11.4. The van der Waals surface area contributed by atoms with Crippen LogP contribution in [0.25, 0.3) is 5.65 Å². The van der Waals surface area contributed by atoms with E-state index < -0.39 is 15.7 Å². The second kappa shape index (κ2) is 5.84. The maximum absolute atomic E-state index is 13.5. The molecule has 1 aromatic carbocycles. The van der Waals surface area contributed by atoms with Gasteiger partial charge in [-0.15, -0.1) is 5.10 Å². The average Bonchev–Trinajstić information content (AvgIpc) is 2.93. The normalized spacial score (nSPS) is 11.8. The van der Waals surface area contributed by atoms with E-state index in [1.165, 1.54) is 22.7 Å². The van der Waals surface area contributed by atoms with E-state index in [1.807, 2.05) is 0 Å². The third-order valence-electron chi connectivity index (χ3n) is 3.57. The van der Waals surface area contributed by atoms with Crippen LogP contribution >= 0.6 is 0 Å². The zero-order valence-corrected chi connectivity index (χ0v) is 13.9. The molecule has 3 rings (SSSR count). The van der Waals surface area contributed by atoms with Crippen LogP contribution in [0, 0.1) is 12.7 Å². The molecule has 0 spiro atoms. The van der Waals surface area contributed by atoms with Crippen molar-refractivity contribution in [2.75, 3.05) is 12.4 Å². The molecule has 0 bridgehead atoms. The van der Waals surface area contributed by atoms with Crippen LogP contribution in [0.4, 0.5) is 10.2 Å². The molecule has 0 fully saturated rings. The monoisotopic (exact) mass is 349 g/mol. The van der Waals surface area contributed by atoms with Crippen molar-refractivity contribution < 1.29 is 12.8 Å². The average molecular weight is 349 g/mol. The van der Waals surface area contributed by atoms with E-state index in [0.717, 1.165) is 6.07 Å². The molecule has 3 aromatic rings. The standard InChI is InChI=1S/C15H16FN5O2S/c1-9-6-11(8-17)21-15(19-9)13(14(18-2)20-21)24(22,23)12-5-3-4-10(16)7-12/h3-7H,8,17H2,1-2H3,(H,18,20). The summed E-state index contributed by atoms with van der Waals surface area (Å²) in [5.41, 5.74) is 7.11. The lowest BCUT2D eigenvalue weighted by molar-refractivity contribution is 0.591. The number of sulfone groups is 1. The number of fused-ring (bicyclic) bond motifs is 1. The van der Waals surface area contributed by atoms with Crippen molar-refractivity contribution in [3.63, 3.8) is 0 Å². The number of halogens is 1. The van der Waals surface area contributed by atoms with Crippen molar-refractivity contribution in [1.82, 2.24) is 14.6 Å². The number of anilines is 1. The van der Waals surface area contributed by atoms with Crippen LogP contribution in [-0.2, 0) is 16.4 Å². The van der Waals surface area contributed by atoms with E-state index in [0.29, 0.717) is 11.4 Å². The first kappa shape index (κ1) is 16.3. The smallest absolute Gasteiger partial charge is 0.214 e. The van der Waals surface area contributed by atoms with Gasteiger partial charge in [-0.3, -0.25) is 0 Å². The Morgan fingerprint density at radius 1 is 1.33 bits per heavy atom. The number of aryl methyl sites for hydroxylation is 1. The molecule has 0 aliphatic rings. The van der Waals surface area contributed by atoms with Crippen LogP contribution in [-0.4, -0.2) is 30.1 Å². The predicted molar refractivity (Wildman–Crippen MR) is 87.0 cm³/mol. The van der Waals surface area contributed by atoms with E-state index in [4.69, 9.17) is 5.73 Å². The lowest BCUT2D eigenvalue weighted by Crippen LogP contribution is -2.08. The minimum Gasteiger partial charge on any atom is -0.370 e. The van der Waals surface area contributed by atoms with Gasteiger partial charge in [0, 0.05) is 19.3 Å². The predicted octanol–water partition coefficient (Wildman–Crippen LogP) is 1.51. The summed E-state index contributed by atoms with van der Waals surface area (Å²) in [5, 5.41) is 7.01. The first-order valence-electron chi connectivity index (χ1n) is 7.16. The second-order valence-electron chi connectivity index (χ2n) is 5.22. The van der Waals surface area contributed by atoms with Gasteiger partial charge in [0.2, 0.25) is 9.84 Å². The third-order valence-corrected chi connectivity index (χ3v) is 5.36. The fraction of sp³-hybridized carbons (Fsp3) is 0.200. The molecule has 7 nitrogen and oxygen atoms in total. The van der Waals surface area contributed by atoms with Crippen LogP contribution in [0.15, 0.2) is 40.1 Å². The maximum atomic E-state index is 13.5. The lowest BCUT2D eigenvalue weighted by Gasteiger charge is -2.06. The Morgan fingerprint density at radius 3 is 2.71 bits per heavy atom. The fourth-order valence-corrected chi connectivity index (χ4v) is 4.03. The van der Waals surface area contributed by atoms with Crippen molar-refractivity contribution in [2.24, 2.45) is 5.73 Å². The van der Waals surface area contributed by atoms with Gasteiger partial charge in [0.1, 0.15) is 5.82 Å². The Morgan fingerprint density at radius 2 is 2.08 bits per heavy atom. The Labute approximate surface area is 138 Å². The summed E-state index contributed by atoms with van der Waals surface area (Å²) < 4.78 is 40.9. The van der Waals surface area contributed by atoms with E-state index in [9.17, 15) is 12.8 Å². The lowest BCUT2D eigenvalue weighted by atomic mass is 10.3. The molecule has 0 atom stereocenters. The number of hydrogen-bond acceptors (Lipinski definition) is 6. The zero-order valence-electron chi connectivity index (χ0n) is 13.1. The molecule has 0 unspecified atom stereocenters. The van der Waals surface area contributed by atoms with E-state index in [2.05, 4.69) is 15.4 Å². The highest BCUT2D eigenvalue weighted by Crippen LogP contribution is 2.31. The van der Waals surface area contributed by atoms with Crippen molar-refractivity contribution >= 4 is 21.3 Å². The summed E-state index contributed by atoms with van der Waals surface area (Å²) in [6, 6.07) is 6.57.